The fourth-order valence-corrected chi connectivity index (χ4v) is 2.30. The molecule has 0 spiro atoms. The summed E-state index contributed by atoms with van der Waals surface area (Å²) >= 11 is 0. The van der Waals surface area contributed by atoms with Crippen molar-refractivity contribution < 1.29 is 27.4 Å². The Morgan fingerprint density at radius 2 is 1.60 bits per heavy atom. The molecule has 0 unspecified atom stereocenters. The Bertz CT molecular complexity index is 742. The van der Waals surface area contributed by atoms with Crippen LogP contribution in [0, 0.1) is 0 Å². The number of ether oxygens (including phenoxy) is 2. The Balaban J connectivity index is 2.12. The number of halogens is 3. The summed E-state index contributed by atoms with van der Waals surface area (Å²) in [6.07, 6.45) is -4.43. The van der Waals surface area contributed by atoms with Crippen molar-refractivity contribution in [1.29, 1.82) is 0 Å². The molecule has 0 saturated heterocycles. The number of methoxy groups -OCH3 is 2. The van der Waals surface area contributed by atoms with E-state index in [4.69, 9.17) is 9.47 Å². The van der Waals surface area contributed by atoms with E-state index in [1.807, 2.05) is 0 Å². The van der Waals surface area contributed by atoms with Crippen LogP contribution < -0.4 is 14.8 Å². The van der Waals surface area contributed by atoms with Gasteiger partial charge in [0, 0.05) is 5.56 Å². The molecule has 0 aliphatic carbocycles. The topological polar surface area (TPSA) is 47.6 Å². The van der Waals surface area contributed by atoms with E-state index >= 15 is 0 Å². The number of hydrogen-bond acceptors (Lipinski definition) is 3. The predicted octanol–water partition coefficient (Wildman–Crippen LogP) is 4.21. The Hall–Kier alpha value is -2.70. The summed E-state index contributed by atoms with van der Waals surface area (Å²) in [5, 5.41) is 2.74. The molecule has 1 amide bonds. The summed E-state index contributed by atoms with van der Waals surface area (Å²) < 4.78 is 48.1. The van der Waals surface area contributed by atoms with Crippen molar-refractivity contribution in [2.24, 2.45) is 0 Å². The highest BCUT2D eigenvalue weighted by molar-refractivity contribution is 5.94. The first kappa shape index (κ1) is 18.6. The second-order valence-electron chi connectivity index (χ2n) is 5.38. The molecule has 1 N–H and O–H groups in total. The Labute approximate surface area is 143 Å². The van der Waals surface area contributed by atoms with Crippen LogP contribution in [0.15, 0.2) is 42.5 Å². The second kappa shape index (κ2) is 7.46. The molecule has 4 nitrogen and oxygen atoms in total. The van der Waals surface area contributed by atoms with E-state index in [0.717, 1.165) is 29.8 Å². The standard InChI is InChI=1S/C18H18F3NO3/c1-11(13-6-9-15(24-2)16(10-13)25-3)22-17(23)12-4-7-14(8-5-12)18(19,20)21/h4-11H,1-3H3,(H,22,23)/t11-/m0/s1. The van der Waals surface area contributed by atoms with Crippen LogP contribution in [0.5, 0.6) is 11.5 Å². The highest BCUT2D eigenvalue weighted by Crippen LogP contribution is 2.31. The zero-order valence-electron chi connectivity index (χ0n) is 14.0. The lowest BCUT2D eigenvalue weighted by atomic mass is 10.1. The number of rotatable bonds is 5. The Kier molecular flexibility index (Phi) is 5.56. The van der Waals surface area contributed by atoms with Crippen LogP contribution in [0.2, 0.25) is 0 Å². The van der Waals surface area contributed by atoms with Crippen molar-refractivity contribution in [2.75, 3.05) is 14.2 Å². The molecular weight excluding hydrogens is 335 g/mol. The molecule has 0 aliphatic rings. The lowest BCUT2D eigenvalue weighted by Crippen LogP contribution is -2.26. The van der Waals surface area contributed by atoms with Gasteiger partial charge in [0.05, 0.1) is 25.8 Å². The first-order valence-electron chi connectivity index (χ1n) is 7.46. The maximum atomic E-state index is 12.6. The van der Waals surface area contributed by atoms with E-state index in [0.29, 0.717) is 11.5 Å². The van der Waals surface area contributed by atoms with Gasteiger partial charge in [-0.3, -0.25) is 4.79 Å². The molecular formula is C18H18F3NO3. The highest BCUT2D eigenvalue weighted by atomic mass is 19.4. The van der Waals surface area contributed by atoms with Crippen LogP contribution >= 0.6 is 0 Å². The van der Waals surface area contributed by atoms with E-state index in [9.17, 15) is 18.0 Å². The first-order chi connectivity index (χ1) is 11.8. The van der Waals surface area contributed by atoms with Crippen LogP contribution in [0.3, 0.4) is 0 Å². The number of carbonyl (C=O) groups excluding carboxylic acids is 1. The lowest BCUT2D eigenvalue weighted by molar-refractivity contribution is -0.137. The number of nitrogens with one attached hydrogen (secondary N) is 1. The molecule has 0 fully saturated rings. The van der Waals surface area contributed by atoms with E-state index in [1.165, 1.54) is 14.2 Å². The normalized spacial score (nSPS) is 12.4. The van der Waals surface area contributed by atoms with E-state index in [-0.39, 0.29) is 11.6 Å². The Morgan fingerprint density at radius 1 is 1.00 bits per heavy atom. The third kappa shape index (κ3) is 4.43. The fourth-order valence-electron chi connectivity index (χ4n) is 2.30. The average molecular weight is 353 g/mol. The van der Waals surface area contributed by atoms with E-state index in [1.54, 1.807) is 25.1 Å². The molecule has 2 rings (SSSR count). The van der Waals surface area contributed by atoms with Crippen LogP contribution in [0.1, 0.15) is 34.5 Å². The summed E-state index contributed by atoms with van der Waals surface area (Å²) in [5.41, 5.74) is 0.134. The van der Waals surface area contributed by atoms with Gasteiger partial charge in [-0.1, -0.05) is 6.07 Å². The monoisotopic (exact) mass is 353 g/mol. The van der Waals surface area contributed by atoms with Gasteiger partial charge in [-0.15, -0.1) is 0 Å². The van der Waals surface area contributed by atoms with Crippen LogP contribution in [-0.4, -0.2) is 20.1 Å². The summed E-state index contributed by atoms with van der Waals surface area (Å²) in [7, 11) is 3.03. The molecule has 25 heavy (non-hydrogen) atoms. The first-order valence-corrected chi connectivity index (χ1v) is 7.46. The van der Waals surface area contributed by atoms with Crippen molar-refractivity contribution >= 4 is 5.91 Å². The molecule has 2 aromatic rings. The van der Waals surface area contributed by atoms with Gasteiger partial charge in [-0.25, -0.2) is 0 Å². The minimum Gasteiger partial charge on any atom is -0.493 e. The minimum atomic E-state index is -4.43. The van der Waals surface area contributed by atoms with Crippen molar-refractivity contribution in [2.45, 2.75) is 19.1 Å². The van der Waals surface area contributed by atoms with Gasteiger partial charge in [0.1, 0.15) is 0 Å². The van der Waals surface area contributed by atoms with Crippen molar-refractivity contribution in [3.8, 4) is 11.5 Å². The molecule has 0 heterocycles. The maximum Gasteiger partial charge on any atom is 0.416 e. The van der Waals surface area contributed by atoms with Crippen molar-refractivity contribution in [3.05, 3.63) is 59.2 Å². The molecule has 0 aliphatic heterocycles. The molecule has 0 bridgehead atoms. The van der Waals surface area contributed by atoms with E-state index < -0.39 is 17.6 Å². The molecule has 0 aromatic heterocycles. The second-order valence-corrected chi connectivity index (χ2v) is 5.38. The molecule has 7 heteroatoms. The summed E-state index contributed by atoms with van der Waals surface area (Å²) in [4.78, 5) is 12.2. The van der Waals surface area contributed by atoms with Crippen LogP contribution in [0.4, 0.5) is 13.2 Å². The minimum absolute atomic E-state index is 0.153. The largest absolute Gasteiger partial charge is 0.493 e. The van der Waals surface area contributed by atoms with E-state index in [2.05, 4.69) is 5.32 Å². The predicted molar refractivity (Wildman–Crippen MR) is 86.9 cm³/mol. The van der Waals surface area contributed by atoms with Gasteiger partial charge < -0.3 is 14.8 Å². The summed E-state index contributed by atoms with van der Waals surface area (Å²) in [6.45, 7) is 1.77. The van der Waals surface area contributed by atoms with Crippen LogP contribution in [0.25, 0.3) is 0 Å². The number of benzene rings is 2. The number of hydrogen-bond donors (Lipinski definition) is 1. The number of amides is 1. The summed E-state index contributed by atoms with van der Waals surface area (Å²) in [6, 6.07) is 8.93. The third-order valence-electron chi connectivity index (χ3n) is 3.73. The van der Waals surface area contributed by atoms with Crippen molar-refractivity contribution in [1.82, 2.24) is 5.32 Å². The molecule has 0 radical (unpaired) electrons. The molecule has 134 valence electrons. The zero-order chi connectivity index (χ0) is 18.6. The van der Waals surface area contributed by atoms with Crippen LogP contribution in [-0.2, 0) is 6.18 Å². The summed E-state index contributed by atoms with van der Waals surface area (Å²) in [5.74, 6) is 0.624. The fraction of sp³-hybridized carbons (Fsp3) is 0.278. The zero-order valence-corrected chi connectivity index (χ0v) is 14.0. The van der Waals surface area contributed by atoms with Crippen molar-refractivity contribution in [3.63, 3.8) is 0 Å². The van der Waals surface area contributed by atoms with Gasteiger partial charge >= 0.3 is 6.18 Å². The van der Waals surface area contributed by atoms with Gasteiger partial charge in [-0.05, 0) is 48.9 Å². The Morgan fingerprint density at radius 3 is 2.12 bits per heavy atom. The van der Waals surface area contributed by atoms with Gasteiger partial charge in [0.25, 0.3) is 5.91 Å². The molecule has 1 atom stereocenters. The third-order valence-corrected chi connectivity index (χ3v) is 3.73. The lowest BCUT2D eigenvalue weighted by Gasteiger charge is -2.17. The van der Waals surface area contributed by atoms with Gasteiger partial charge in [-0.2, -0.15) is 13.2 Å². The molecule has 0 saturated carbocycles. The SMILES string of the molecule is COc1ccc([C@H](C)NC(=O)c2ccc(C(F)(F)F)cc2)cc1OC. The van der Waals surface area contributed by atoms with Gasteiger partial charge in [0.15, 0.2) is 11.5 Å². The maximum absolute atomic E-state index is 12.6. The number of carbonyl (C=O) groups is 1. The molecule has 2 aromatic carbocycles. The number of alkyl halides is 3. The highest BCUT2D eigenvalue weighted by Gasteiger charge is 2.30. The quantitative estimate of drug-likeness (QED) is 0.876. The smallest absolute Gasteiger partial charge is 0.416 e. The average Bonchev–Trinajstić information content (AvgIpc) is 2.60. The van der Waals surface area contributed by atoms with Gasteiger partial charge in [0.2, 0.25) is 0 Å².